The van der Waals surface area contributed by atoms with Crippen LogP contribution in [0.2, 0.25) is 18.1 Å². The molecule has 0 bridgehead atoms. The summed E-state index contributed by atoms with van der Waals surface area (Å²) in [5.74, 6) is 0.702. The van der Waals surface area contributed by atoms with Gasteiger partial charge in [0.05, 0.1) is 12.6 Å². The third-order valence-corrected chi connectivity index (χ3v) is 11.1. The Morgan fingerprint density at radius 2 is 1.91 bits per heavy atom. The van der Waals surface area contributed by atoms with Crippen LogP contribution in [0.5, 0.6) is 5.75 Å². The van der Waals surface area contributed by atoms with Crippen molar-refractivity contribution in [3.05, 3.63) is 64.7 Å². The first-order valence-electron chi connectivity index (χ1n) is 11.4. The van der Waals surface area contributed by atoms with Crippen molar-refractivity contribution in [2.75, 3.05) is 6.54 Å². The molecule has 7 heteroatoms. The third-order valence-electron chi connectivity index (χ3n) is 6.78. The first kappa shape index (κ1) is 25.0. The number of aliphatic hydroxyl groups is 1. The molecule has 2 aromatic rings. The molecule has 0 spiro atoms. The summed E-state index contributed by atoms with van der Waals surface area (Å²) in [4.78, 5) is 26.0. The first-order valence-corrected chi connectivity index (χ1v) is 14.3. The van der Waals surface area contributed by atoms with Crippen LogP contribution in [0.3, 0.4) is 0 Å². The Balaban J connectivity index is 1.87. The molecule has 0 aromatic heterocycles. The molecule has 178 valence electrons. The van der Waals surface area contributed by atoms with Crippen molar-refractivity contribution in [1.29, 1.82) is 0 Å². The maximum Gasteiger partial charge on any atom is 0.410 e. The maximum absolute atomic E-state index is 12.9. The van der Waals surface area contributed by atoms with Crippen molar-refractivity contribution in [3.8, 4) is 5.75 Å². The fourth-order valence-corrected chi connectivity index (χ4v) is 4.84. The smallest absolute Gasteiger partial charge is 0.410 e. The van der Waals surface area contributed by atoms with Crippen LogP contribution in [-0.2, 0) is 29.2 Å². The van der Waals surface area contributed by atoms with E-state index < -0.39 is 20.5 Å². The number of hydrogen-bond acceptors (Lipinski definition) is 5. The van der Waals surface area contributed by atoms with E-state index in [0.29, 0.717) is 24.3 Å². The number of amides is 1. The Kier molecular flexibility index (Phi) is 7.64. The highest BCUT2D eigenvalue weighted by atomic mass is 28.4. The van der Waals surface area contributed by atoms with E-state index in [2.05, 4.69) is 33.9 Å². The van der Waals surface area contributed by atoms with E-state index in [0.717, 1.165) is 23.0 Å². The summed E-state index contributed by atoms with van der Waals surface area (Å²) in [5.41, 5.74) is 3.50. The molecule has 0 saturated carbocycles. The number of carbonyl (C=O) groups is 2. The van der Waals surface area contributed by atoms with Gasteiger partial charge in [-0.2, -0.15) is 0 Å². The molecular weight excluding hydrogens is 434 g/mol. The normalized spacial score (nSPS) is 16.2. The van der Waals surface area contributed by atoms with E-state index in [1.165, 1.54) is 0 Å². The number of nitrogens with zero attached hydrogens (tertiary/aromatic N) is 1. The van der Waals surface area contributed by atoms with Crippen molar-refractivity contribution in [3.63, 3.8) is 0 Å². The largest absolute Gasteiger partial charge is 0.543 e. The second-order valence-electron chi connectivity index (χ2n) is 10.1. The highest BCUT2D eigenvalue weighted by Crippen LogP contribution is 2.41. The Labute approximate surface area is 197 Å². The quantitative estimate of drug-likeness (QED) is 0.435. The van der Waals surface area contributed by atoms with Crippen LogP contribution in [0.1, 0.15) is 55.5 Å². The van der Waals surface area contributed by atoms with Crippen molar-refractivity contribution >= 4 is 20.7 Å². The Morgan fingerprint density at radius 3 is 2.52 bits per heavy atom. The van der Waals surface area contributed by atoms with Crippen LogP contribution in [0.15, 0.2) is 42.5 Å². The molecule has 33 heavy (non-hydrogen) atoms. The average molecular weight is 470 g/mol. The summed E-state index contributed by atoms with van der Waals surface area (Å²) in [7, 11) is -2.10. The summed E-state index contributed by atoms with van der Waals surface area (Å²) in [6.07, 6.45) is 1.19. The summed E-state index contributed by atoms with van der Waals surface area (Å²) in [5, 5.41) is 10.1. The lowest BCUT2D eigenvalue weighted by molar-refractivity contribution is -0.108. The van der Waals surface area contributed by atoms with Gasteiger partial charge in [-0.25, -0.2) is 4.79 Å². The second kappa shape index (κ2) is 10.1. The number of benzene rings is 2. The lowest BCUT2D eigenvalue weighted by atomic mass is 9.89. The molecular formula is C26H35NO5Si. The first-order chi connectivity index (χ1) is 15.6. The fraction of sp³-hybridized carbons (Fsp3) is 0.462. The summed E-state index contributed by atoms with van der Waals surface area (Å²) in [6, 6.07) is 13.0. The lowest BCUT2D eigenvalue weighted by Gasteiger charge is -2.39. The zero-order valence-electron chi connectivity index (χ0n) is 20.3. The molecule has 0 fully saturated rings. The minimum Gasteiger partial charge on any atom is -0.543 e. The van der Waals surface area contributed by atoms with Crippen LogP contribution in [0.25, 0.3) is 0 Å². The molecule has 0 radical (unpaired) electrons. The van der Waals surface area contributed by atoms with Gasteiger partial charge >= 0.3 is 6.09 Å². The third kappa shape index (κ3) is 5.65. The predicted octanol–water partition coefficient (Wildman–Crippen LogP) is 5.39. The number of ether oxygens (including phenoxy) is 1. The molecule has 1 amide bonds. The van der Waals surface area contributed by atoms with Gasteiger partial charge in [0.2, 0.25) is 8.32 Å². The summed E-state index contributed by atoms with van der Waals surface area (Å²) in [6.45, 7) is 11.3. The minimum absolute atomic E-state index is 0.0228. The van der Waals surface area contributed by atoms with Crippen LogP contribution in [-0.4, -0.2) is 37.2 Å². The van der Waals surface area contributed by atoms with Crippen molar-refractivity contribution in [2.24, 2.45) is 0 Å². The molecule has 1 aliphatic heterocycles. The zero-order valence-corrected chi connectivity index (χ0v) is 21.3. The van der Waals surface area contributed by atoms with Gasteiger partial charge in [-0.05, 0) is 53.4 Å². The number of aldehydes is 1. The monoisotopic (exact) mass is 469 g/mol. The van der Waals surface area contributed by atoms with E-state index in [1.54, 1.807) is 4.90 Å². The van der Waals surface area contributed by atoms with Gasteiger partial charge in [-0.3, -0.25) is 0 Å². The van der Waals surface area contributed by atoms with Crippen LogP contribution in [0.4, 0.5) is 4.79 Å². The molecule has 1 atom stereocenters. The van der Waals surface area contributed by atoms with Crippen LogP contribution < -0.4 is 4.43 Å². The van der Waals surface area contributed by atoms with Crippen molar-refractivity contribution in [1.82, 2.24) is 4.90 Å². The van der Waals surface area contributed by atoms with Gasteiger partial charge in [0.15, 0.2) is 0 Å². The SMILES string of the molecule is CC(C)(C)[Si](C)(C)Oc1cc2c(cc1CO)C(CC=O)N(C(=O)OCc1ccccc1)CC2. The van der Waals surface area contributed by atoms with Gasteiger partial charge in [0.25, 0.3) is 0 Å². The minimum atomic E-state index is -2.10. The molecule has 6 nitrogen and oxygen atoms in total. The number of rotatable bonds is 7. The van der Waals surface area contributed by atoms with E-state index in [4.69, 9.17) is 9.16 Å². The number of fused-ring (bicyclic) bond motifs is 1. The lowest BCUT2D eigenvalue weighted by Crippen LogP contribution is -2.44. The van der Waals surface area contributed by atoms with Crippen molar-refractivity contribution < 1.29 is 23.9 Å². The molecule has 0 saturated heterocycles. The molecule has 2 aromatic carbocycles. The van der Waals surface area contributed by atoms with Crippen LogP contribution in [0, 0.1) is 0 Å². The van der Waals surface area contributed by atoms with E-state index in [9.17, 15) is 14.7 Å². The van der Waals surface area contributed by atoms with Gasteiger partial charge in [0.1, 0.15) is 18.6 Å². The van der Waals surface area contributed by atoms with Crippen molar-refractivity contribution in [2.45, 2.75) is 71.0 Å². The number of aliphatic hydroxyl groups excluding tert-OH is 1. The predicted molar refractivity (Wildman–Crippen MR) is 131 cm³/mol. The zero-order chi connectivity index (χ0) is 24.2. The van der Waals surface area contributed by atoms with E-state index in [-0.39, 0.29) is 24.7 Å². The maximum atomic E-state index is 12.9. The van der Waals surface area contributed by atoms with E-state index >= 15 is 0 Å². The Morgan fingerprint density at radius 1 is 1.21 bits per heavy atom. The molecule has 1 unspecified atom stereocenters. The highest BCUT2D eigenvalue weighted by Gasteiger charge is 2.40. The molecule has 0 aliphatic carbocycles. The van der Waals surface area contributed by atoms with E-state index in [1.807, 2.05) is 42.5 Å². The van der Waals surface area contributed by atoms with Gasteiger partial charge < -0.3 is 24.0 Å². The Hall–Kier alpha value is -2.64. The van der Waals surface area contributed by atoms with Crippen LogP contribution >= 0.6 is 0 Å². The standard InChI is InChI=1S/C26H35NO5Si/c1-26(2,3)33(4,5)32-24-16-20-11-13-27(23(12-14-28)22(20)15-21(24)17-29)25(30)31-18-19-9-7-6-8-10-19/h6-10,14-16,23,29H,11-13,17-18H2,1-5H3. The molecule has 1 N–H and O–H groups in total. The Bertz CT molecular complexity index is 984. The summed E-state index contributed by atoms with van der Waals surface area (Å²) >= 11 is 0. The highest BCUT2D eigenvalue weighted by molar-refractivity contribution is 6.74. The van der Waals surface area contributed by atoms with Gasteiger partial charge in [-0.1, -0.05) is 51.1 Å². The molecule has 1 heterocycles. The number of carbonyl (C=O) groups excluding carboxylic acids is 2. The molecule has 1 aliphatic rings. The second-order valence-corrected chi connectivity index (χ2v) is 14.8. The van der Waals surface area contributed by atoms with Gasteiger partial charge in [-0.15, -0.1) is 0 Å². The summed E-state index contributed by atoms with van der Waals surface area (Å²) < 4.78 is 12.1. The molecule has 3 rings (SSSR count). The average Bonchev–Trinajstić information content (AvgIpc) is 2.77. The number of hydrogen-bond donors (Lipinski definition) is 1. The topological polar surface area (TPSA) is 76.1 Å². The fourth-order valence-electron chi connectivity index (χ4n) is 3.79. The van der Waals surface area contributed by atoms with Gasteiger partial charge in [0, 0.05) is 18.5 Å².